The summed E-state index contributed by atoms with van der Waals surface area (Å²) in [5.41, 5.74) is 30.7. The number of hydrogen-bond acceptors (Lipinski definition) is 2. The largest absolute Gasteiger partial charge is 0.456 e. The van der Waals surface area contributed by atoms with Gasteiger partial charge in [-0.05, 0) is 223 Å². The summed E-state index contributed by atoms with van der Waals surface area (Å²) in [7, 11) is 0. The lowest BCUT2D eigenvalue weighted by atomic mass is 9.80. The van der Waals surface area contributed by atoms with E-state index in [4.69, 9.17) is 9.47 Å². The van der Waals surface area contributed by atoms with Crippen LogP contribution < -0.4 is 9.47 Å². The van der Waals surface area contributed by atoms with E-state index in [1.165, 1.54) is 153 Å². The second-order valence-corrected chi connectivity index (χ2v) is 32.6. The minimum absolute atomic E-state index is 0.143. The zero-order chi connectivity index (χ0) is 77.1. The van der Waals surface area contributed by atoms with Gasteiger partial charge in [0.05, 0.1) is 33.1 Å². The second-order valence-electron chi connectivity index (χ2n) is 32.6. The third kappa shape index (κ3) is 9.61. The van der Waals surface area contributed by atoms with Gasteiger partial charge in [0.2, 0.25) is 0 Å². The van der Waals surface area contributed by atoms with Gasteiger partial charge >= 0.3 is 0 Å². The molecule has 2 aliphatic heterocycles. The monoisotopic (exact) mass is 1500 g/mol. The fourth-order valence-electron chi connectivity index (χ4n) is 20.8. The Kier molecular flexibility index (Phi) is 13.7. The van der Waals surface area contributed by atoms with Gasteiger partial charge in [0, 0.05) is 95.4 Å². The van der Waals surface area contributed by atoms with Crippen molar-refractivity contribution in [1.82, 2.24) is 13.7 Å². The van der Waals surface area contributed by atoms with Crippen molar-refractivity contribution in [3.8, 4) is 118 Å². The highest BCUT2D eigenvalue weighted by molar-refractivity contribution is 6.27. The first-order chi connectivity index (χ1) is 58.4. The Morgan fingerprint density at radius 1 is 0.212 bits per heavy atom. The zero-order valence-corrected chi connectivity index (χ0v) is 64.3. The van der Waals surface area contributed by atoms with Crippen LogP contribution in [0.25, 0.3) is 214 Å². The number of para-hydroxylation sites is 2. The maximum absolute atomic E-state index is 7.34. The highest BCUT2D eigenvalue weighted by Gasteiger charge is 2.36. The maximum atomic E-state index is 7.34. The highest BCUT2D eigenvalue weighted by atomic mass is 16.5. The van der Waals surface area contributed by atoms with Crippen LogP contribution in [0.15, 0.2) is 388 Å². The molecule has 0 fully saturated rings. The Hall–Kier alpha value is -15.3. The van der Waals surface area contributed by atoms with Gasteiger partial charge in [-0.15, -0.1) is 0 Å². The molecular weight excluding hydrogens is 1430 g/mol. The van der Waals surface area contributed by atoms with Crippen molar-refractivity contribution in [3.63, 3.8) is 0 Å². The fraction of sp³-hybridized carbons (Fsp3) is 0.0265. The standard InChI is InChI=1S/C113H69N3O2/c1-66(72-43-50-87-90-29-15-31-95-110-93-28-11-13-34-100(93)115(82-47-41-68-18-3-6-21-76(68)57-82)103(110)64-107(112(90)95)117-105(87)62-72)109-89-27-9-8-25-85(89)97-59-79(44-51-92(97)109)75-24-14-23-74(55-75)70-35-37-71(38-36-70)81-45-52-94-102(61-81)116(83-48-42-69-19-4-7-22-77(69)58-83)104-65-108-113-91(30-16-32-96(113)111(94)104)88-53-49-84(63-106(88)118-108)114-99-33-12-10-26-86(99)98-60-80(46-54-101(98)114)78-40-39-67-17-2-5-20-73(67)56-78/h2-66,109H,1H3. The van der Waals surface area contributed by atoms with Gasteiger partial charge in [-0.2, -0.15) is 0 Å². The van der Waals surface area contributed by atoms with Gasteiger partial charge in [-0.3, -0.25) is 0 Å². The summed E-state index contributed by atoms with van der Waals surface area (Å²) in [5.74, 6) is 3.75. The topological polar surface area (TPSA) is 33.2 Å². The van der Waals surface area contributed by atoms with E-state index in [2.05, 4.69) is 409 Å². The van der Waals surface area contributed by atoms with Gasteiger partial charge in [-0.25, -0.2) is 0 Å². The molecule has 2 atom stereocenters. The summed E-state index contributed by atoms with van der Waals surface area (Å²) in [4.78, 5) is 0. The lowest BCUT2D eigenvalue weighted by molar-refractivity contribution is 0.485. The Labute approximate surface area is 679 Å². The average Bonchev–Trinajstić information content (AvgIpc) is 1.54. The first kappa shape index (κ1) is 65.1. The fourth-order valence-corrected chi connectivity index (χ4v) is 20.8. The van der Waals surface area contributed by atoms with Crippen LogP contribution in [0.1, 0.15) is 35.4 Å². The van der Waals surface area contributed by atoms with Gasteiger partial charge in [0.25, 0.3) is 0 Å². The van der Waals surface area contributed by atoms with Crippen LogP contribution in [0, 0.1) is 0 Å². The molecule has 0 saturated heterocycles. The molecule has 0 amide bonds. The molecule has 23 aromatic rings. The molecule has 5 heterocycles. The number of ether oxygens (including phenoxy) is 2. The normalized spacial score (nSPS) is 13.5. The van der Waals surface area contributed by atoms with E-state index in [1.54, 1.807) is 0 Å². The van der Waals surface area contributed by atoms with E-state index >= 15 is 0 Å². The molecule has 20 aromatic carbocycles. The van der Waals surface area contributed by atoms with Crippen LogP contribution in [0.3, 0.4) is 0 Å². The first-order valence-electron chi connectivity index (χ1n) is 41.0. The van der Waals surface area contributed by atoms with Crippen LogP contribution in [0.2, 0.25) is 0 Å². The van der Waals surface area contributed by atoms with Crippen molar-refractivity contribution in [2.45, 2.75) is 18.8 Å². The number of nitrogens with zero attached hydrogens (tertiary/aromatic N) is 3. The van der Waals surface area contributed by atoms with Crippen molar-refractivity contribution in [1.29, 1.82) is 0 Å². The molecule has 3 aromatic heterocycles. The van der Waals surface area contributed by atoms with Crippen LogP contribution in [0.4, 0.5) is 0 Å². The van der Waals surface area contributed by atoms with E-state index in [1.807, 2.05) is 0 Å². The molecule has 0 bridgehead atoms. The Balaban J connectivity index is 0.518. The van der Waals surface area contributed by atoms with Crippen molar-refractivity contribution < 1.29 is 9.47 Å². The minimum Gasteiger partial charge on any atom is -0.456 e. The molecule has 118 heavy (non-hydrogen) atoms. The number of rotatable bonds is 9. The predicted molar refractivity (Wildman–Crippen MR) is 492 cm³/mol. The molecule has 26 rings (SSSR count). The van der Waals surface area contributed by atoms with E-state index < -0.39 is 0 Å². The third-order valence-corrected chi connectivity index (χ3v) is 26.3. The summed E-state index contributed by atoms with van der Waals surface area (Å²) in [5, 5.41) is 19.3. The SMILES string of the molecule is CC(c1ccc2c(c1)Oc1cc3c(c4cccc-2c14)c1ccccc1n3-c1ccc2ccccc2c1)C1c2ccccc2-c2cc(-c3cccc(-c4ccc(-c5ccc6c7c8cccc9c8c(cc7n(-c7ccc8ccccc8c7)c6c5)Oc5cc(-n6c7ccccc7c7cc(-c8ccc%10ccccc%10c8)ccc76)ccc5-9)cc4)c3)ccc21. The van der Waals surface area contributed by atoms with Crippen LogP contribution in [0.5, 0.6) is 23.0 Å². The number of aromatic nitrogens is 3. The van der Waals surface area contributed by atoms with Crippen molar-refractivity contribution in [2.75, 3.05) is 0 Å². The Bertz CT molecular complexity index is 8350. The summed E-state index contributed by atoms with van der Waals surface area (Å²) in [6, 6.07) is 144. The van der Waals surface area contributed by atoms with E-state index in [0.717, 1.165) is 101 Å². The zero-order valence-electron chi connectivity index (χ0n) is 64.3. The van der Waals surface area contributed by atoms with E-state index in [-0.39, 0.29) is 11.8 Å². The van der Waals surface area contributed by atoms with Crippen LogP contribution >= 0.6 is 0 Å². The second kappa shape index (κ2) is 24.9. The summed E-state index contributed by atoms with van der Waals surface area (Å²) in [6.45, 7) is 2.40. The summed E-state index contributed by atoms with van der Waals surface area (Å²) >= 11 is 0. The average molecular weight is 1500 g/mol. The molecule has 2 unspecified atom stereocenters. The van der Waals surface area contributed by atoms with E-state index in [9.17, 15) is 0 Å². The number of benzene rings is 20. The quantitative estimate of drug-likeness (QED) is 0.144. The Morgan fingerprint density at radius 2 is 0.644 bits per heavy atom. The molecule has 5 nitrogen and oxygen atoms in total. The van der Waals surface area contributed by atoms with Crippen molar-refractivity contribution in [2.24, 2.45) is 0 Å². The molecular formula is C113H69N3O2. The first-order valence-corrected chi connectivity index (χ1v) is 41.0. The molecule has 548 valence electrons. The van der Waals surface area contributed by atoms with Gasteiger partial charge < -0.3 is 23.2 Å². The van der Waals surface area contributed by atoms with Gasteiger partial charge in [0.1, 0.15) is 23.0 Å². The molecule has 1 aliphatic carbocycles. The van der Waals surface area contributed by atoms with Crippen molar-refractivity contribution >= 4 is 119 Å². The van der Waals surface area contributed by atoms with Crippen LogP contribution in [-0.2, 0) is 0 Å². The molecule has 0 radical (unpaired) electrons. The smallest absolute Gasteiger partial charge is 0.138 e. The number of fused-ring (bicyclic) bond motifs is 21. The third-order valence-electron chi connectivity index (χ3n) is 26.3. The highest BCUT2D eigenvalue weighted by Crippen LogP contribution is 2.57. The maximum Gasteiger partial charge on any atom is 0.138 e. The van der Waals surface area contributed by atoms with Crippen LogP contribution in [-0.4, -0.2) is 13.7 Å². The van der Waals surface area contributed by atoms with Gasteiger partial charge in [-0.1, -0.05) is 286 Å². The lowest BCUT2D eigenvalue weighted by Gasteiger charge is -2.26. The summed E-state index contributed by atoms with van der Waals surface area (Å²) < 4.78 is 21.9. The molecule has 3 aliphatic rings. The van der Waals surface area contributed by atoms with Gasteiger partial charge in [0.15, 0.2) is 0 Å². The summed E-state index contributed by atoms with van der Waals surface area (Å²) in [6.07, 6.45) is 0. The molecule has 5 heteroatoms. The van der Waals surface area contributed by atoms with Crippen molar-refractivity contribution in [3.05, 3.63) is 405 Å². The molecule has 0 N–H and O–H groups in total. The lowest BCUT2D eigenvalue weighted by Crippen LogP contribution is -2.08. The van der Waals surface area contributed by atoms with E-state index in [0.29, 0.717) is 0 Å². The minimum atomic E-state index is 0.143. The number of hydrogen-bond donors (Lipinski definition) is 0. The molecule has 0 saturated carbocycles. The predicted octanol–water partition coefficient (Wildman–Crippen LogP) is 30.9. The Morgan fingerprint density at radius 3 is 1.33 bits per heavy atom. The molecule has 0 spiro atoms.